The minimum absolute atomic E-state index is 0.0243. The van der Waals surface area contributed by atoms with Crippen LogP contribution in [0.25, 0.3) is 11.0 Å². The van der Waals surface area contributed by atoms with E-state index in [0.717, 1.165) is 25.7 Å². The molecule has 2 atom stereocenters. The lowest BCUT2D eigenvalue weighted by Gasteiger charge is -2.21. The second-order valence-electron chi connectivity index (χ2n) is 11.5. The van der Waals surface area contributed by atoms with Gasteiger partial charge in [0.1, 0.15) is 37.0 Å². The molecule has 2 amide bonds. The molecule has 1 saturated heterocycles. The predicted octanol–water partition coefficient (Wildman–Crippen LogP) is 0.568. The van der Waals surface area contributed by atoms with Crippen LogP contribution in [0, 0.1) is 0 Å². The molecule has 0 unspecified atom stereocenters. The molecule has 0 aliphatic carbocycles. The van der Waals surface area contributed by atoms with Gasteiger partial charge in [0.2, 0.25) is 0 Å². The number of nitrogens with zero attached hydrogens (tertiary/aromatic N) is 5. The van der Waals surface area contributed by atoms with Gasteiger partial charge in [-0.15, -0.1) is 0 Å². The number of aromatic nitrogens is 4. The monoisotopic (exact) mass is 746 g/mol. The Kier molecular flexibility index (Phi) is 14.6. The van der Waals surface area contributed by atoms with Crippen molar-refractivity contribution in [1.82, 2.24) is 24.8 Å². The Balaban J connectivity index is 0.000000908. The second-order valence-corrected chi connectivity index (χ2v) is 11.9. The number of benzene rings is 1. The number of aliphatic hydroxyl groups excluding tert-OH is 2. The minimum Gasteiger partial charge on any atom is -0.542 e. The van der Waals surface area contributed by atoms with Gasteiger partial charge in [0.25, 0.3) is 17.6 Å². The number of nitrogens with two attached hydrogens (primary N) is 2. The normalized spacial score (nSPS) is 15.7. The Bertz CT molecular complexity index is 1710. The number of hydrogen-bond donors (Lipinski definition) is 5. The Labute approximate surface area is 296 Å². The van der Waals surface area contributed by atoms with Crippen LogP contribution in [0.1, 0.15) is 66.2 Å². The standard InChI is InChI=1S/C29H41ClN8O6.C2HF3O2/c1-4-6-7-8-9-36(3)29(42)17-12-18-19(13-21(17)44-22-16-43-15-20(22)40)38(10-11-39)23(37(18)5-2)14-33-28(41)24-26(31)35-27(32)25(30)34-24;3-2(4,5)1(6)7/h12-13,20,22,39-40H,4-11,14-16H2,1-3H3,(H4-,31,32,33,35,41);(H,6,7)/t20-,22-;/m0./s1. The van der Waals surface area contributed by atoms with Crippen LogP contribution >= 0.6 is 11.6 Å². The predicted molar refractivity (Wildman–Crippen MR) is 175 cm³/mol. The number of aliphatic hydroxyl groups is 2. The van der Waals surface area contributed by atoms with Gasteiger partial charge in [-0.25, -0.2) is 19.1 Å². The topological polar surface area (TPSA) is 235 Å². The summed E-state index contributed by atoms with van der Waals surface area (Å²) in [5.74, 6) is -3.14. The number of amides is 2. The third kappa shape index (κ3) is 10.3. The highest BCUT2D eigenvalue weighted by Gasteiger charge is 2.33. The summed E-state index contributed by atoms with van der Waals surface area (Å²) in [6.45, 7) is 5.52. The molecule has 1 fully saturated rings. The molecule has 3 aromatic rings. The minimum atomic E-state index is -5.19. The van der Waals surface area contributed by atoms with Gasteiger partial charge >= 0.3 is 6.18 Å². The van der Waals surface area contributed by atoms with Gasteiger partial charge in [-0.3, -0.25) is 9.59 Å². The molecular formula is C31H42ClF3N8O8. The van der Waals surface area contributed by atoms with Crippen LogP contribution in [0.15, 0.2) is 12.1 Å². The maximum atomic E-state index is 13.8. The number of carboxylic acid groups (broad SMARTS) is 1. The largest absolute Gasteiger partial charge is 0.542 e. The number of imidazole rings is 1. The number of aryl methyl sites for hydroxylation is 1. The van der Waals surface area contributed by atoms with Crippen LogP contribution in [0.2, 0.25) is 5.15 Å². The fourth-order valence-electron chi connectivity index (χ4n) is 5.31. The SMILES string of the molecule is CCCCCCN(C)C(=O)c1cc2c(cc1O[C@H]1COC[C@@H]1O)[n+](CCO)c(CNC(=O)c1nc(Cl)c(N)nc1N)n2CC.O=C([O-])C(F)(F)F. The number of rotatable bonds is 14. The van der Waals surface area contributed by atoms with E-state index in [1.807, 2.05) is 16.1 Å². The fraction of sp³-hybridized carbons (Fsp3) is 0.548. The number of carbonyl (C=O) groups is 3. The van der Waals surface area contributed by atoms with Crippen molar-refractivity contribution >= 4 is 52.1 Å². The van der Waals surface area contributed by atoms with Crippen LogP contribution in [0.4, 0.5) is 24.8 Å². The third-order valence-corrected chi connectivity index (χ3v) is 8.16. The summed E-state index contributed by atoms with van der Waals surface area (Å²) in [6, 6.07) is 3.51. The van der Waals surface area contributed by atoms with E-state index in [-0.39, 0.29) is 61.3 Å². The first kappa shape index (κ1) is 41.0. The molecule has 0 bridgehead atoms. The number of fused-ring (bicyclic) bond motifs is 1. The van der Waals surface area contributed by atoms with Crippen molar-refractivity contribution in [2.75, 3.05) is 44.9 Å². The lowest BCUT2D eigenvalue weighted by Crippen LogP contribution is -2.42. The zero-order valence-corrected chi connectivity index (χ0v) is 29.1. The summed E-state index contributed by atoms with van der Waals surface area (Å²) in [6.07, 6.45) is -2.59. The second kappa shape index (κ2) is 18.2. The average molecular weight is 747 g/mol. The zero-order chi connectivity index (χ0) is 38.0. The summed E-state index contributed by atoms with van der Waals surface area (Å²) < 4.78 is 46.9. The molecule has 2 aromatic heterocycles. The summed E-state index contributed by atoms with van der Waals surface area (Å²) >= 11 is 5.97. The van der Waals surface area contributed by atoms with E-state index in [9.17, 15) is 33.0 Å². The van der Waals surface area contributed by atoms with Gasteiger partial charge in [0, 0.05) is 25.7 Å². The molecule has 0 radical (unpaired) electrons. The number of hydrogen-bond acceptors (Lipinski definition) is 12. The van der Waals surface area contributed by atoms with E-state index >= 15 is 0 Å². The number of halogens is 4. The molecule has 3 heterocycles. The first-order valence-corrected chi connectivity index (χ1v) is 16.5. The lowest BCUT2D eigenvalue weighted by atomic mass is 10.1. The number of anilines is 2. The molecule has 1 aliphatic heterocycles. The van der Waals surface area contributed by atoms with Crippen LogP contribution in [-0.4, -0.2) is 99.2 Å². The van der Waals surface area contributed by atoms with Crippen molar-refractivity contribution in [3.63, 3.8) is 0 Å². The van der Waals surface area contributed by atoms with E-state index in [4.69, 9.17) is 42.4 Å². The molecule has 51 heavy (non-hydrogen) atoms. The Hall–Kier alpha value is -4.46. The number of ether oxygens (including phenoxy) is 2. The van der Waals surface area contributed by atoms with E-state index in [1.54, 1.807) is 24.1 Å². The van der Waals surface area contributed by atoms with Crippen LogP contribution in [0.5, 0.6) is 5.75 Å². The highest BCUT2D eigenvalue weighted by Crippen LogP contribution is 2.30. The van der Waals surface area contributed by atoms with Crippen molar-refractivity contribution in [2.24, 2.45) is 0 Å². The van der Waals surface area contributed by atoms with Gasteiger partial charge in [-0.1, -0.05) is 37.8 Å². The first-order valence-electron chi connectivity index (χ1n) is 16.1. The summed E-state index contributed by atoms with van der Waals surface area (Å²) in [7, 11) is 1.76. The molecule has 1 aromatic carbocycles. The number of aliphatic carboxylic acids is 1. The van der Waals surface area contributed by atoms with Crippen molar-refractivity contribution < 1.29 is 56.9 Å². The fourth-order valence-corrected chi connectivity index (χ4v) is 5.43. The maximum absolute atomic E-state index is 13.8. The van der Waals surface area contributed by atoms with Crippen molar-refractivity contribution in [2.45, 2.75) is 77.5 Å². The van der Waals surface area contributed by atoms with E-state index in [1.165, 1.54) is 0 Å². The van der Waals surface area contributed by atoms with Gasteiger partial charge in [-0.05, 0) is 13.3 Å². The van der Waals surface area contributed by atoms with E-state index in [0.29, 0.717) is 41.3 Å². The molecular weight excluding hydrogens is 705 g/mol. The molecule has 1 aliphatic rings. The van der Waals surface area contributed by atoms with Crippen LogP contribution in [0.3, 0.4) is 0 Å². The molecule has 0 saturated carbocycles. The van der Waals surface area contributed by atoms with E-state index < -0.39 is 30.3 Å². The summed E-state index contributed by atoms with van der Waals surface area (Å²) in [5.41, 5.74) is 13.1. The highest BCUT2D eigenvalue weighted by molar-refractivity contribution is 6.31. The van der Waals surface area contributed by atoms with Gasteiger partial charge in [0.05, 0.1) is 31.9 Å². The van der Waals surface area contributed by atoms with Crippen molar-refractivity contribution in [1.29, 1.82) is 0 Å². The Morgan fingerprint density at radius 3 is 2.43 bits per heavy atom. The van der Waals surface area contributed by atoms with Crippen molar-refractivity contribution in [3.8, 4) is 5.75 Å². The first-order chi connectivity index (χ1) is 24.0. The molecule has 7 N–H and O–H groups in total. The smallest absolute Gasteiger partial charge is 0.430 e. The number of nitrogens with one attached hydrogen (secondary N) is 1. The van der Waals surface area contributed by atoms with Gasteiger partial charge < -0.3 is 51.3 Å². The Morgan fingerprint density at radius 2 is 1.86 bits per heavy atom. The number of carbonyl (C=O) groups excluding carboxylic acids is 3. The molecule has 282 valence electrons. The molecule has 4 rings (SSSR count). The number of alkyl halides is 3. The Morgan fingerprint density at radius 1 is 1.18 bits per heavy atom. The number of carboxylic acids is 1. The molecule has 0 spiro atoms. The van der Waals surface area contributed by atoms with Crippen molar-refractivity contribution in [3.05, 3.63) is 34.4 Å². The van der Waals surface area contributed by atoms with Gasteiger partial charge in [0.15, 0.2) is 33.5 Å². The quantitative estimate of drug-likeness (QED) is 0.113. The zero-order valence-electron chi connectivity index (χ0n) is 28.3. The van der Waals surface area contributed by atoms with Gasteiger partial charge in [-0.2, -0.15) is 13.2 Å². The van der Waals surface area contributed by atoms with Crippen LogP contribution in [-0.2, 0) is 29.2 Å². The third-order valence-electron chi connectivity index (χ3n) is 7.88. The molecule has 20 heteroatoms. The van der Waals surface area contributed by atoms with E-state index in [2.05, 4.69) is 22.2 Å². The summed E-state index contributed by atoms with van der Waals surface area (Å²) in [4.78, 5) is 45.1. The summed E-state index contributed by atoms with van der Waals surface area (Å²) in [5, 5.41) is 31.8. The average Bonchev–Trinajstić information content (AvgIpc) is 3.61. The number of unbranched alkanes of at least 4 members (excludes halogenated alkanes) is 3. The number of nitrogen functional groups attached to an aromatic ring is 2. The van der Waals surface area contributed by atoms with Crippen LogP contribution < -0.4 is 31.2 Å². The lowest BCUT2D eigenvalue weighted by molar-refractivity contribution is -0.681. The highest BCUT2D eigenvalue weighted by atomic mass is 35.5. The maximum Gasteiger partial charge on any atom is 0.430 e. The molecule has 16 nitrogen and oxygen atoms in total.